The lowest BCUT2D eigenvalue weighted by atomic mass is 10.0. The molecule has 6 nitrogen and oxygen atoms in total. The quantitative estimate of drug-likeness (QED) is 0.787. The van der Waals surface area contributed by atoms with Gasteiger partial charge in [0.15, 0.2) is 0 Å². The van der Waals surface area contributed by atoms with Crippen molar-refractivity contribution in [1.82, 2.24) is 4.98 Å². The first kappa shape index (κ1) is 13.9. The number of nitrogens with two attached hydrogens (primary N) is 2. The van der Waals surface area contributed by atoms with Gasteiger partial charge in [0.05, 0.1) is 6.20 Å². The molecule has 1 aromatic rings. The van der Waals surface area contributed by atoms with Crippen LogP contribution in [0.25, 0.3) is 0 Å². The van der Waals surface area contributed by atoms with Gasteiger partial charge >= 0.3 is 0 Å². The number of pyridine rings is 1. The van der Waals surface area contributed by atoms with Crippen molar-refractivity contribution in [2.75, 3.05) is 6.61 Å². The first-order valence-electron chi connectivity index (χ1n) is 5.15. The highest BCUT2D eigenvalue weighted by molar-refractivity contribution is 7.89. The molecule has 1 aromatic heterocycles. The van der Waals surface area contributed by atoms with Crippen LogP contribution in [-0.2, 0) is 10.0 Å². The van der Waals surface area contributed by atoms with Crippen LogP contribution in [0.2, 0.25) is 0 Å². The Labute approximate surface area is 101 Å². The van der Waals surface area contributed by atoms with Gasteiger partial charge in [0.25, 0.3) is 0 Å². The zero-order valence-electron chi connectivity index (χ0n) is 9.88. The molecule has 0 aliphatic rings. The molecule has 1 heterocycles. The summed E-state index contributed by atoms with van der Waals surface area (Å²) in [5, 5.41) is 4.94. The van der Waals surface area contributed by atoms with E-state index in [2.05, 4.69) is 4.98 Å². The third-order valence-corrected chi connectivity index (χ3v) is 3.29. The molecule has 4 N–H and O–H groups in total. The summed E-state index contributed by atoms with van der Waals surface area (Å²) >= 11 is 0. The highest BCUT2D eigenvalue weighted by atomic mass is 32.2. The monoisotopic (exact) mass is 259 g/mol. The Morgan fingerprint density at radius 3 is 2.53 bits per heavy atom. The Morgan fingerprint density at radius 1 is 1.47 bits per heavy atom. The number of nitrogens with zero attached hydrogens (tertiary/aromatic N) is 1. The van der Waals surface area contributed by atoms with Gasteiger partial charge in [-0.2, -0.15) is 0 Å². The predicted molar refractivity (Wildman–Crippen MR) is 64.0 cm³/mol. The second-order valence-electron chi connectivity index (χ2n) is 4.17. The minimum absolute atomic E-state index is 0.0455. The number of hydrogen-bond acceptors (Lipinski definition) is 5. The lowest BCUT2D eigenvalue weighted by Gasteiger charge is -2.22. The van der Waals surface area contributed by atoms with Gasteiger partial charge in [0, 0.05) is 11.6 Å². The number of hydrogen-bond donors (Lipinski definition) is 2. The average molecular weight is 259 g/mol. The zero-order chi connectivity index (χ0) is 13.1. The van der Waals surface area contributed by atoms with Gasteiger partial charge in [-0.1, -0.05) is 6.92 Å². The molecule has 0 aromatic carbocycles. The first-order valence-corrected chi connectivity index (χ1v) is 6.70. The van der Waals surface area contributed by atoms with Crippen LogP contribution in [0.5, 0.6) is 5.88 Å². The van der Waals surface area contributed by atoms with Crippen LogP contribution in [0.3, 0.4) is 0 Å². The maximum atomic E-state index is 11.0. The van der Waals surface area contributed by atoms with Crippen molar-refractivity contribution in [2.24, 2.45) is 10.9 Å². The van der Waals surface area contributed by atoms with E-state index in [-0.39, 0.29) is 4.90 Å². The summed E-state index contributed by atoms with van der Waals surface area (Å²) < 4.78 is 27.3. The summed E-state index contributed by atoms with van der Waals surface area (Å²) in [6.07, 6.45) is 1.92. The maximum Gasteiger partial charge on any atom is 0.239 e. The molecule has 0 saturated carbocycles. The minimum Gasteiger partial charge on any atom is -0.476 e. The minimum atomic E-state index is -3.71. The van der Waals surface area contributed by atoms with E-state index in [0.717, 1.165) is 12.6 Å². The SMILES string of the molecule is CCC(C)(N)COc1ccc(S(N)(=O)=O)cn1. The molecule has 1 unspecified atom stereocenters. The molecule has 0 bridgehead atoms. The fourth-order valence-corrected chi connectivity index (χ4v) is 1.42. The van der Waals surface area contributed by atoms with Crippen molar-refractivity contribution in [2.45, 2.75) is 30.7 Å². The summed E-state index contributed by atoms with van der Waals surface area (Å²) in [5.41, 5.74) is 5.46. The van der Waals surface area contributed by atoms with Gasteiger partial charge < -0.3 is 10.5 Å². The molecule has 17 heavy (non-hydrogen) atoms. The number of ether oxygens (including phenoxy) is 1. The summed E-state index contributed by atoms with van der Waals surface area (Å²) in [4.78, 5) is 3.80. The second-order valence-corrected chi connectivity index (χ2v) is 5.73. The lowest BCUT2D eigenvalue weighted by molar-refractivity contribution is 0.218. The third-order valence-electron chi connectivity index (χ3n) is 2.40. The number of primary sulfonamides is 1. The highest BCUT2D eigenvalue weighted by Gasteiger charge is 2.17. The van der Waals surface area contributed by atoms with Crippen molar-refractivity contribution in [3.05, 3.63) is 18.3 Å². The Bertz CT molecular complexity index is 468. The Balaban J connectivity index is 2.70. The van der Waals surface area contributed by atoms with Crippen LogP contribution in [0, 0.1) is 0 Å². The lowest BCUT2D eigenvalue weighted by Crippen LogP contribution is -2.41. The molecule has 0 amide bonds. The third kappa shape index (κ3) is 4.29. The van der Waals surface area contributed by atoms with E-state index in [9.17, 15) is 8.42 Å². The van der Waals surface area contributed by atoms with Crippen molar-refractivity contribution >= 4 is 10.0 Å². The summed E-state index contributed by atoms with van der Waals surface area (Å²) in [6, 6.07) is 2.79. The van der Waals surface area contributed by atoms with Crippen molar-refractivity contribution in [3.63, 3.8) is 0 Å². The highest BCUT2D eigenvalue weighted by Crippen LogP contribution is 2.13. The Morgan fingerprint density at radius 2 is 2.12 bits per heavy atom. The largest absolute Gasteiger partial charge is 0.476 e. The fraction of sp³-hybridized carbons (Fsp3) is 0.500. The molecule has 7 heteroatoms. The van der Waals surface area contributed by atoms with E-state index in [1.54, 1.807) is 0 Å². The molecule has 0 saturated heterocycles. The van der Waals surface area contributed by atoms with E-state index in [1.807, 2.05) is 13.8 Å². The second kappa shape index (κ2) is 4.99. The van der Waals surface area contributed by atoms with E-state index in [4.69, 9.17) is 15.6 Å². The van der Waals surface area contributed by atoms with Crippen LogP contribution in [-0.4, -0.2) is 25.5 Å². The van der Waals surface area contributed by atoms with Gasteiger partial charge in [0.1, 0.15) is 11.5 Å². The molecule has 96 valence electrons. The molecule has 0 radical (unpaired) electrons. The van der Waals surface area contributed by atoms with Gasteiger partial charge in [-0.3, -0.25) is 0 Å². The zero-order valence-corrected chi connectivity index (χ0v) is 10.7. The molecular formula is C10H17N3O3S. The van der Waals surface area contributed by atoms with E-state index in [1.165, 1.54) is 12.1 Å². The molecule has 0 spiro atoms. The van der Waals surface area contributed by atoms with Crippen LogP contribution in [0.1, 0.15) is 20.3 Å². The topological polar surface area (TPSA) is 108 Å². The van der Waals surface area contributed by atoms with E-state index < -0.39 is 15.6 Å². The van der Waals surface area contributed by atoms with Crippen LogP contribution < -0.4 is 15.6 Å². The molecule has 0 aliphatic carbocycles. The van der Waals surface area contributed by atoms with Crippen LogP contribution >= 0.6 is 0 Å². The molecule has 1 rings (SSSR count). The van der Waals surface area contributed by atoms with Crippen molar-refractivity contribution in [1.29, 1.82) is 0 Å². The predicted octanol–water partition coefficient (Wildman–Crippen LogP) is 0.235. The first-order chi connectivity index (χ1) is 7.74. The van der Waals surface area contributed by atoms with Gasteiger partial charge in [-0.25, -0.2) is 18.5 Å². The van der Waals surface area contributed by atoms with Gasteiger partial charge in [-0.15, -0.1) is 0 Å². The van der Waals surface area contributed by atoms with Crippen LogP contribution in [0.4, 0.5) is 0 Å². The summed E-state index contributed by atoms with van der Waals surface area (Å²) in [7, 11) is -3.71. The van der Waals surface area contributed by atoms with E-state index >= 15 is 0 Å². The van der Waals surface area contributed by atoms with Crippen molar-refractivity contribution in [3.8, 4) is 5.88 Å². The smallest absolute Gasteiger partial charge is 0.239 e. The normalized spacial score (nSPS) is 15.3. The molecule has 0 fully saturated rings. The molecule has 0 aliphatic heterocycles. The standard InChI is InChI=1S/C10H17N3O3S/c1-3-10(2,11)7-16-9-5-4-8(6-13-9)17(12,14)15/h4-6H,3,7,11H2,1-2H3,(H2,12,14,15). The average Bonchev–Trinajstić information content (AvgIpc) is 2.26. The molecular weight excluding hydrogens is 242 g/mol. The summed E-state index contributed by atoms with van der Waals surface area (Å²) in [5.74, 6) is 0.322. The van der Waals surface area contributed by atoms with Gasteiger partial charge in [-0.05, 0) is 19.4 Å². The summed E-state index contributed by atoms with van der Waals surface area (Å²) in [6.45, 7) is 4.14. The Hall–Kier alpha value is -1.18. The van der Waals surface area contributed by atoms with Gasteiger partial charge in [0.2, 0.25) is 15.9 Å². The number of sulfonamides is 1. The Kier molecular flexibility index (Phi) is 4.07. The van der Waals surface area contributed by atoms with Crippen LogP contribution in [0.15, 0.2) is 23.2 Å². The number of aromatic nitrogens is 1. The molecule has 1 atom stereocenters. The van der Waals surface area contributed by atoms with Crippen molar-refractivity contribution < 1.29 is 13.2 Å². The fourth-order valence-electron chi connectivity index (χ4n) is 0.961. The van der Waals surface area contributed by atoms with E-state index in [0.29, 0.717) is 12.5 Å². The maximum absolute atomic E-state index is 11.0. The number of rotatable bonds is 5.